The lowest BCUT2D eigenvalue weighted by molar-refractivity contribution is 0.300. The zero-order valence-corrected chi connectivity index (χ0v) is 9.41. The normalized spacial score (nSPS) is 12.9. The molecule has 1 rings (SSSR count). The molecule has 1 aromatic rings. The third-order valence-corrected chi connectivity index (χ3v) is 3.35. The molecule has 0 aliphatic carbocycles. The molecule has 4 heteroatoms. The number of halogens is 2. The van der Waals surface area contributed by atoms with Crippen LogP contribution in [0.25, 0.3) is 0 Å². The summed E-state index contributed by atoms with van der Waals surface area (Å²) in [6.45, 7) is 2.04. The fourth-order valence-electron chi connectivity index (χ4n) is 0.939. The molecule has 0 radical (unpaired) electrons. The molecule has 0 aliphatic heterocycles. The highest BCUT2D eigenvalue weighted by molar-refractivity contribution is 7.99. The van der Waals surface area contributed by atoms with Gasteiger partial charge in [0.05, 0.1) is 6.61 Å². The average molecular weight is 235 g/mol. The quantitative estimate of drug-likeness (QED) is 0.864. The molecule has 0 heterocycles. The fourth-order valence-corrected chi connectivity index (χ4v) is 2.01. The molecule has 0 aromatic heterocycles. The first-order valence-electron chi connectivity index (χ1n) is 4.30. The molecule has 1 unspecified atom stereocenters. The zero-order chi connectivity index (χ0) is 10.6. The van der Waals surface area contributed by atoms with Crippen molar-refractivity contribution in [2.24, 2.45) is 0 Å². The summed E-state index contributed by atoms with van der Waals surface area (Å²) in [5, 5.41) is 9.53. The van der Waals surface area contributed by atoms with Crippen LogP contribution in [0.15, 0.2) is 18.2 Å². The maximum absolute atomic E-state index is 12.8. The van der Waals surface area contributed by atoms with Crippen LogP contribution < -0.4 is 0 Å². The third-order valence-electron chi connectivity index (χ3n) is 1.79. The van der Waals surface area contributed by atoms with Gasteiger partial charge in [0.15, 0.2) is 0 Å². The first-order chi connectivity index (χ1) is 6.63. The van der Waals surface area contributed by atoms with Gasteiger partial charge in [0, 0.05) is 16.0 Å². The first-order valence-corrected chi connectivity index (χ1v) is 5.72. The molecule has 0 fully saturated rings. The van der Waals surface area contributed by atoms with E-state index in [-0.39, 0.29) is 17.7 Å². The van der Waals surface area contributed by atoms with Crippen molar-refractivity contribution < 1.29 is 9.50 Å². The van der Waals surface area contributed by atoms with Gasteiger partial charge >= 0.3 is 0 Å². The van der Waals surface area contributed by atoms with E-state index in [1.807, 2.05) is 6.92 Å². The lowest BCUT2D eigenvalue weighted by Crippen LogP contribution is -2.02. The molecule has 0 aliphatic rings. The molecule has 1 aromatic carbocycles. The second-order valence-corrected chi connectivity index (χ2v) is 4.87. The molecule has 0 saturated carbocycles. The Morgan fingerprint density at radius 2 is 2.29 bits per heavy atom. The Balaban J connectivity index is 2.62. The van der Waals surface area contributed by atoms with E-state index in [2.05, 4.69) is 0 Å². The van der Waals surface area contributed by atoms with Gasteiger partial charge in [0.25, 0.3) is 0 Å². The van der Waals surface area contributed by atoms with Crippen molar-refractivity contribution in [2.75, 3.05) is 6.61 Å². The van der Waals surface area contributed by atoms with Crippen LogP contribution in [0.2, 0.25) is 5.02 Å². The van der Waals surface area contributed by atoms with E-state index in [1.54, 1.807) is 17.8 Å². The van der Waals surface area contributed by atoms with Crippen molar-refractivity contribution in [2.45, 2.75) is 17.9 Å². The van der Waals surface area contributed by atoms with Crippen LogP contribution in [0, 0.1) is 5.82 Å². The second-order valence-electron chi connectivity index (χ2n) is 3.04. The number of aliphatic hydroxyl groups excluding tert-OH is 1. The molecule has 14 heavy (non-hydrogen) atoms. The van der Waals surface area contributed by atoms with E-state index < -0.39 is 0 Å². The molecular formula is C10H12ClFOS. The summed E-state index contributed by atoms with van der Waals surface area (Å²) >= 11 is 7.43. The van der Waals surface area contributed by atoms with E-state index in [0.29, 0.717) is 10.8 Å². The summed E-state index contributed by atoms with van der Waals surface area (Å²) < 4.78 is 12.8. The highest BCUT2D eigenvalue weighted by Crippen LogP contribution is 2.24. The van der Waals surface area contributed by atoms with Gasteiger partial charge in [0.1, 0.15) is 5.82 Å². The van der Waals surface area contributed by atoms with Gasteiger partial charge in [-0.1, -0.05) is 18.5 Å². The minimum absolute atomic E-state index is 0.123. The summed E-state index contributed by atoms with van der Waals surface area (Å²) in [4.78, 5) is 0. The van der Waals surface area contributed by atoms with Crippen molar-refractivity contribution in [1.29, 1.82) is 0 Å². The van der Waals surface area contributed by atoms with Crippen molar-refractivity contribution in [1.82, 2.24) is 0 Å². The highest BCUT2D eigenvalue weighted by Gasteiger charge is 2.05. The standard InChI is InChI=1S/C10H12ClFOS/c1-7(5-13)14-6-8-4-9(12)2-3-10(8)11/h2-4,7,13H,5-6H2,1H3. The van der Waals surface area contributed by atoms with E-state index in [0.717, 1.165) is 5.56 Å². The van der Waals surface area contributed by atoms with Crippen LogP contribution in [0.1, 0.15) is 12.5 Å². The predicted molar refractivity (Wildman–Crippen MR) is 59.3 cm³/mol. The van der Waals surface area contributed by atoms with E-state index in [4.69, 9.17) is 16.7 Å². The minimum Gasteiger partial charge on any atom is -0.395 e. The van der Waals surface area contributed by atoms with Gasteiger partial charge in [-0.15, -0.1) is 0 Å². The molecule has 0 bridgehead atoms. The number of benzene rings is 1. The summed E-state index contributed by atoms with van der Waals surface area (Å²) in [5.41, 5.74) is 0.775. The molecule has 1 N–H and O–H groups in total. The Hall–Kier alpha value is -0.250. The number of hydrogen-bond donors (Lipinski definition) is 1. The lowest BCUT2D eigenvalue weighted by Gasteiger charge is -2.08. The monoisotopic (exact) mass is 234 g/mol. The minimum atomic E-state index is -0.276. The Morgan fingerprint density at radius 3 is 2.93 bits per heavy atom. The van der Waals surface area contributed by atoms with Crippen LogP contribution in [0.3, 0.4) is 0 Å². The van der Waals surface area contributed by atoms with Gasteiger partial charge < -0.3 is 5.11 Å². The van der Waals surface area contributed by atoms with Crippen molar-refractivity contribution in [3.63, 3.8) is 0 Å². The van der Waals surface area contributed by atoms with E-state index in [9.17, 15) is 4.39 Å². The molecule has 0 saturated heterocycles. The third kappa shape index (κ3) is 3.48. The van der Waals surface area contributed by atoms with E-state index in [1.165, 1.54) is 12.1 Å². The number of hydrogen-bond acceptors (Lipinski definition) is 2. The number of rotatable bonds is 4. The Labute approximate surface area is 92.3 Å². The largest absolute Gasteiger partial charge is 0.395 e. The Morgan fingerprint density at radius 1 is 1.57 bits per heavy atom. The van der Waals surface area contributed by atoms with Gasteiger partial charge in [0.2, 0.25) is 0 Å². The summed E-state index contributed by atoms with van der Waals surface area (Å²) in [5.74, 6) is 0.347. The number of thioether (sulfide) groups is 1. The zero-order valence-electron chi connectivity index (χ0n) is 7.84. The molecule has 78 valence electrons. The van der Waals surface area contributed by atoms with Gasteiger partial charge in [-0.25, -0.2) is 4.39 Å². The van der Waals surface area contributed by atoms with Crippen LogP contribution in [-0.4, -0.2) is 17.0 Å². The first kappa shape index (κ1) is 11.8. The Kier molecular flexibility index (Phi) is 4.72. The van der Waals surface area contributed by atoms with Crippen LogP contribution in [0.4, 0.5) is 4.39 Å². The molecular weight excluding hydrogens is 223 g/mol. The smallest absolute Gasteiger partial charge is 0.123 e. The molecule has 0 spiro atoms. The van der Waals surface area contributed by atoms with Crippen molar-refractivity contribution >= 4 is 23.4 Å². The molecule has 1 atom stereocenters. The maximum Gasteiger partial charge on any atom is 0.123 e. The van der Waals surface area contributed by atoms with Crippen LogP contribution in [0.5, 0.6) is 0 Å². The van der Waals surface area contributed by atoms with Crippen LogP contribution in [-0.2, 0) is 5.75 Å². The average Bonchev–Trinajstić information content (AvgIpc) is 2.19. The number of aliphatic hydroxyl groups is 1. The second kappa shape index (κ2) is 5.59. The van der Waals surface area contributed by atoms with Gasteiger partial charge in [-0.05, 0) is 23.8 Å². The summed E-state index contributed by atoms with van der Waals surface area (Å²) in [6, 6.07) is 4.32. The van der Waals surface area contributed by atoms with Gasteiger partial charge in [-0.3, -0.25) is 0 Å². The SMILES string of the molecule is CC(CO)SCc1cc(F)ccc1Cl. The predicted octanol–water partition coefficient (Wildman–Crippen LogP) is 3.09. The van der Waals surface area contributed by atoms with Gasteiger partial charge in [-0.2, -0.15) is 11.8 Å². The van der Waals surface area contributed by atoms with Crippen LogP contribution >= 0.6 is 23.4 Å². The van der Waals surface area contributed by atoms with Crippen molar-refractivity contribution in [3.05, 3.63) is 34.6 Å². The van der Waals surface area contributed by atoms with Crippen molar-refractivity contribution in [3.8, 4) is 0 Å². The fraction of sp³-hybridized carbons (Fsp3) is 0.400. The topological polar surface area (TPSA) is 20.2 Å². The lowest BCUT2D eigenvalue weighted by atomic mass is 10.2. The van der Waals surface area contributed by atoms with E-state index >= 15 is 0 Å². The Bertz CT molecular complexity index is 306. The molecule has 1 nitrogen and oxygen atoms in total. The molecule has 0 amide bonds. The summed E-state index contributed by atoms with van der Waals surface area (Å²) in [6.07, 6.45) is 0. The summed E-state index contributed by atoms with van der Waals surface area (Å²) in [7, 11) is 0. The maximum atomic E-state index is 12.8. The highest BCUT2D eigenvalue weighted by atomic mass is 35.5.